The SMILES string of the molecule is N#Cc1ccc(Cn2cncc2CN[C@H]2CCN(Cc3cc(F)cc(Cl)c3)C2=O)cc1. The molecule has 0 radical (unpaired) electrons. The minimum absolute atomic E-state index is 0.00135. The maximum Gasteiger partial charge on any atom is 0.240 e. The molecule has 1 atom stereocenters. The Labute approximate surface area is 184 Å². The third kappa shape index (κ3) is 5.10. The van der Waals surface area contributed by atoms with Crippen molar-refractivity contribution < 1.29 is 9.18 Å². The largest absolute Gasteiger partial charge is 0.337 e. The van der Waals surface area contributed by atoms with E-state index in [2.05, 4.69) is 16.4 Å². The molecule has 8 heteroatoms. The van der Waals surface area contributed by atoms with Crippen molar-refractivity contribution in [2.45, 2.75) is 32.1 Å². The highest BCUT2D eigenvalue weighted by Crippen LogP contribution is 2.20. The molecule has 0 unspecified atom stereocenters. The van der Waals surface area contributed by atoms with E-state index in [1.165, 1.54) is 12.1 Å². The van der Waals surface area contributed by atoms with Crippen LogP contribution in [0.3, 0.4) is 0 Å². The first kappa shape index (κ1) is 21.0. The molecular formula is C23H21ClFN5O. The highest BCUT2D eigenvalue weighted by atomic mass is 35.5. The van der Waals surface area contributed by atoms with Gasteiger partial charge in [0.2, 0.25) is 5.91 Å². The zero-order valence-corrected chi connectivity index (χ0v) is 17.5. The molecule has 2 heterocycles. The number of imidazole rings is 1. The maximum atomic E-state index is 13.6. The third-order valence-electron chi connectivity index (χ3n) is 5.36. The summed E-state index contributed by atoms with van der Waals surface area (Å²) in [5.41, 5.74) is 3.34. The van der Waals surface area contributed by atoms with Crippen LogP contribution < -0.4 is 5.32 Å². The Morgan fingerprint density at radius 3 is 2.74 bits per heavy atom. The molecule has 158 valence electrons. The van der Waals surface area contributed by atoms with Crippen LogP contribution in [0.15, 0.2) is 55.0 Å². The van der Waals surface area contributed by atoms with Crippen LogP contribution in [0, 0.1) is 17.1 Å². The second-order valence-corrected chi connectivity index (χ2v) is 8.02. The van der Waals surface area contributed by atoms with Crippen molar-refractivity contribution in [1.29, 1.82) is 5.26 Å². The molecule has 1 saturated heterocycles. The van der Waals surface area contributed by atoms with Crippen LogP contribution >= 0.6 is 11.6 Å². The predicted molar refractivity (Wildman–Crippen MR) is 115 cm³/mol. The van der Waals surface area contributed by atoms with Crippen molar-refractivity contribution in [2.75, 3.05) is 6.54 Å². The molecule has 1 aliphatic rings. The van der Waals surface area contributed by atoms with E-state index in [1.807, 2.05) is 16.7 Å². The number of nitrogens with one attached hydrogen (secondary N) is 1. The summed E-state index contributed by atoms with van der Waals surface area (Å²) in [5, 5.41) is 12.6. The molecule has 0 spiro atoms. The summed E-state index contributed by atoms with van der Waals surface area (Å²) >= 11 is 5.92. The van der Waals surface area contributed by atoms with Crippen LogP contribution in [0.2, 0.25) is 5.02 Å². The average molecular weight is 438 g/mol. The summed E-state index contributed by atoms with van der Waals surface area (Å²) in [5.74, 6) is -0.405. The first-order chi connectivity index (χ1) is 15.0. The quantitative estimate of drug-likeness (QED) is 0.614. The lowest BCUT2D eigenvalue weighted by Crippen LogP contribution is -2.38. The van der Waals surface area contributed by atoms with Crippen LogP contribution in [0.4, 0.5) is 4.39 Å². The van der Waals surface area contributed by atoms with Gasteiger partial charge in [-0.05, 0) is 47.9 Å². The van der Waals surface area contributed by atoms with Gasteiger partial charge < -0.3 is 14.8 Å². The highest BCUT2D eigenvalue weighted by Gasteiger charge is 2.31. The molecule has 6 nitrogen and oxygen atoms in total. The maximum absolute atomic E-state index is 13.6. The Hall–Kier alpha value is -3.21. The van der Waals surface area contributed by atoms with E-state index in [-0.39, 0.29) is 11.9 Å². The number of hydrogen-bond donors (Lipinski definition) is 1. The van der Waals surface area contributed by atoms with E-state index < -0.39 is 5.82 Å². The topological polar surface area (TPSA) is 74.0 Å². The average Bonchev–Trinajstić information content (AvgIpc) is 3.33. The predicted octanol–water partition coefficient (Wildman–Crippen LogP) is 3.49. The second kappa shape index (κ2) is 9.29. The van der Waals surface area contributed by atoms with Gasteiger partial charge in [-0.25, -0.2) is 9.37 Å². The number of likely N-dealkylation sites (tertiary alicyclic amines) is 1. The molecule has 1 N–H and O–H groups in total. The van der Waals surface area contributed by atoms with Gasteiger partial charge in [0, 0.05) is 37.4 Å². The number of nitrogens with zero attached hydrogens (tertiary/aromatic N) is 4. The smallest absolute Gasteiger partial charge is 0.240 e. The molecule has 1 aliphatic heterocycles. The van der Waals surface area contributed by atoms with Crippen LogP contribution in [0.1, 0.15) is 28.8 Å². The van der Waals surface area contributed by atoms with Crippen molar-refractivity contribution in [3.05, 3.63) is 88.2 Å². The molecule has 1 amide bonds. The van der Waals surface area contributed by atoms with E-state index in [1.54, 1.807) is 35.6 Å². The molecule has 4 rings (SSSR count). The van der Waals surface area contributed by atoms with Crippen molar-refractivity contribution >= 4 is 17.5 Å². The lowest BCUT2D eigenvalue weighted by Gasteiger charge is -2.18. The summed E-state index contributed by atoms with van der Waals surface area (Å²) in [4.78, 5) is 18.7. The first-order valence-electron chi connectivity index (χ1n) is 9.97. The van der Waals surface area contributed by atoms with Crippen molar-refractivity contribution in [2.24, 2.45) is 0 Å². The fraction of sp³-hybridized carbons (Fsp3) is 0.261. The van der Waals surface area contributed by atoms with Crippen LogP contribution in [0.5, 0.6) is 0 Å². The summed E-state index contributed by atoms with van der Waals surface area (Å²) in [7, 11) is 0. The van der Waals surface area contributed by atoms with E-state index in [9.17, 15) is 9.18 Å². The number of nitriles is 1. The zero-order valence-electron chi connectivity index (χ0n) is 16.8. The van der Waals surface area contributed by atoms with Gasteiger partial charge in [0.25, 0.3) is 0 Å². The van der Waals surface area contributed by atoms with Crippen molar-refractivity contribution in [1.82, 2.24) is 19.8 Å². The molecule has 0 aliphatic carbocycles. The summed E-state index contributed by atoms with van der Waals surface area (Å²) in [6, 6.07) is 13.6. The van der Waals surface area contributed by atoms with Gasteiger partial charge in [0.15, 0.2) is 0 Å². The van der Waals surface area contributed by atoms with Gasteiger partial charge in [0.05, 0.1) is 29.7 Å². The van der Waals surface area contributed by atoms with E-state index in [4.69, 9.17) is 16.9 Å². The molecule has 0 saturated carbocycles. The van der Waals surface area contributed by atoms with Crippen LogP contribution in [-0.2, 0) is 24.4 Å². The molecule has 2 aromatic carbocycles. The fourth-order valence-corrected chi connectivity index (χ4v) is 4.00. The Balaban J connectivity index is 1.34. The highest BCUT2D eigenvalue weighted by molar-refractivity contribution is 6.30. The summed E-state index contributed by atoms with van der Waals surface area (Å²) in [6.07, 6.45) is 4.22. The Kier molecular flexibility index (Phi) is 6.31. The number of hydrogen-bond acceptors (Lipinski definition) is 4. The standard InChI is InChI=1S/C23H21ClFN5O/c24-19-7-18(8-20(25)9-19)14-29-6-5-22(23(29)31)28-12-21-11-27-15-30(21)13-17-3-1-16(10-26)2-4-17/h1-4,7-9,11,15,22,28H,5-6,12-14H2/t22-/m0/s1. The Morgan fingerprint density at radius 1 is 1.19 bits per heavy atom. The number of carbonyl (C=O) groups is 1. The minimum atomic E-state index is -0.403. The van der Waals surface area contributed by atoms with Gasteiger partial charge in [-0.3, -0.25) is 4.79 Å². The van der Waals surface area contributed by atoms with Crippen LogP contribution in [-0.4, -0.2) is 32.9 Å². The lowest BCUT2D eigenvalue weighted by molar-refractivity contribution is -0.129. The molecule has 3 aromatic rings. The monoisotopic (exact) mass is 437 g/mol. The number of halogens is 2. The van der Waals surface area contributed by atoms with E-state index in [0.29, 0.717) is 48.7 Å². The van der Waals surface area contributed by atoms with Gasteiger partial charge in [-0.2, -0.15) is 5.26 Å². The molecule has 31 heavy (non-hydrogen) atoms. The van der Waals surface area contributed by atoms with Gasteiger partial charge in [0.1, 0.15) is 5.82 Å². The van der Waals surface area contributed by atoms with Gasteiger partial charge in [-0.1, -0.05) is 23.7 Å². The number of aromatic nitrogens is 2. The molecule has 0 bridgehead atoms. The molecular weight excluding hydrogens is 417 g/mol. The summed E-state index contributed by atoms with van der Waals surface area (Å²) < 4.78 is 15.6. The summed E-state index contributed by atoms with van der Waals surface area (Å²) in [6.45, 7) is 2.08. The molecule has 1 aromatic heterocycles. The Morgan fingerprint density at radius 2 is 2.00 bits per heavy atom. The van der Waals surface area contributed by atoms with E-state index >= 15 is 0 Å². The zero-order chi connectivity index (χ0) is 21.8. The molecule has 1 fully saturated rings. The lowest BCUT2D eigenvalue weighted by atomic mass is 10.1. The second-order valence-electron chi connectivity index (χ2n) is 7.58. The van der Waals surface area contributed by atoms with Crippen LogP contribution in [0.25, 0.3) is 0 Å². The fourth-order valence-electron chi connectivity index (χ4n) is 3.75. The van der Waals surface area contributed by atoms with Gasteiger partial charge >= 0.3 is 0 Å². The van der Waals surface area contributed by atoms with Crippen molar-refractivity contribution in [3.8, 4) is 6.07 Å². The van der Waals surface area contributed by atoms with Gasteiger partial charge in [-0.15, -0.1) is 0 Å². The first-order valence-corrected chi connectivity index (χ1v) is 10.3. The normalized spacial score (nSPS) is 16.0. The van der Waals surface area contributed by atoms with E-state index in [0.717, 1.165) is 11.3 Å². The number of carbonyl (C=O) groups excluding carboxylic acids is 1. The van der Waals surface area contributed by atoms with Crippen molar-refractivity contribution in [3.63, 3.8) is 0 Å². The third-order valence-corrected chi connectivity index (χ3v) is 5.58. The Bertz CT molecular complexity index is 1100. The number of rotatable bonds is 7. The number of benzene rings is 2. The number of amides is 1. The minimum Gasteiger partial charge on any atom is -0.337 e.